The number of aromatic nitrogens is 5. The maximum absolute atomic E-state index is 6.12. The molecule has 0 spiro atoms. The van der Waals surface area contributed by atoms with Gasteiger partial charge in [-0.05, 0) is 25.1 Å². The number of nitrogens with zero attached hydrogens (tertiary/aromatic N) is 5. The highest BCUT2D eigenvalue weighted by molar-refractivity contribution is 9.10. The molecule has 2 heterocycles. The second-order valence-electron chi connectivity index (χ2n) is 4.53. The molecule has 1 unspecified atom stereocenters. The van der Waals surface area contributed by atoms with Crippen molar-refractivity contribution in [2.75, 3.05) is 0 Å². The van der Waals surface area contributed by atoms with Crippen molar-refractivity contribution in [2.24, 2.45) is 7.05 Å². The fraction of sp³-hybridized carbons (Fsp3) is 0.231. The van der Waals surface area contributed by atoms with Crippen molar-refractivity contribution < 1.29 is 9.26 Å². The summed E-state index contributed by atoms with van der Waals surface area (Å²) >= 11 is 9.47. The van der Waals surface area contributed by atoms with Crippen LogP contribution in [0.25, 0.3) is 11.7 Å². The molecule has 9 heteroatoms. The van der Waals surface area contributed by atoms with Gasteiger partial charge in [0.1, 0.15) is 12.1 Å². The monoisotopic (exact) mass is 383 g/mol. The van der Waals surface area contributed by atoms with Crippen LogP contribution in [-0.2, 0) is 7.05 Å². The molecule has 0 radical (unpaired) electrons. The largest absolute Gasteiger partial charge is 0.481 e. The zero-order valence-corrected chi connectivity index (χ0v) is 14.0. The van der Waals surface area contributed by atoms with Crippen molar-refractivity contribution in [3.05, 3.63) is 39.8 Å². The van der Waals surface area contributed by atoms with Gasteiger partial charge in [-0.25, -0.2) is 4.98 Å². The van der Waals surface area contributed by atoms with Crippen molar-refractivity contribution >= 4 is 27.5 Å². The molecule has 1 atom stereocenters. The third kappa shape index (κ3) is 3.12. The molecule has 0 aliphatic heterocycles. The quantitative estimate of drug-likeness (QED) is 0.686. The van der Waals surface area contributed by atoms with E-state index >= 15 is 0 Å². The predicted molar refractivity (Wildman–Crippen MR) is 82.5 cm³/mol. The van der Waals surface area contributed by atoms with Crippen molar-refractivity contribution in [3.63, 3.8) is 0 Å². The number of rotatable bonds is 4. The van der Waals surface area contributed by atoms with Crippen LogP contribution >= 0.6 is 27.5 Å². The molecule has 0 aliphatic rings. The van der Waals surface area contributed by atoms with E-state index in [-0.39, 0.29) is 5.89 Å². The summed E-state index contributed by atoms with van der Waals surface area (Å²) in [6.07, 6.45) is 1.13. The molecule has 114 valence electrons. The first-order valence-electron chi connectivity index (χ1n) is 6.34. The minimum atomic E-state index is -0.431. The van der Waals surface area contributed by atoms with Crippen molar-refractivity contribution in [2.45, 2.75) is 13.0 Å². The summed E-state index contributed by atoms with van der Waals surface area (Å²) in [5, 5.41) is 8.49. The predicted octanol–water partition coefficient (Wildman–Crippen LogP) is 3.42. The smallest absolute Gasteiger partial charge is 0.297 e. The van der Waals surface area contributed by atoms with Crippen molar-refractivity contribution in [1.29, 1.82) is 0 Å². The highest BCUT2D eigenvalue weighted by atomic mass is 79.9. The first kappa shape index (κ1) is 15.0. The van der Waals surface area contributed by atoms with Crippen LogP contribution < -0.4 is 4.74 Å². The van der Waals surface area contributed by atoms with Gasteiger partial charge in [-0.2, -0.15) is 4.98 Å². The van der Waals surface area contributed by atoms with E-state index < -0.39 is 6.10 Å². The Labute approximate surface area is 139 Å². The summed E-state index contributed by atoms with van der Waals surface area (Å²) in [6.45, 7) is 1.80. The molecular formula is C13H11BrClN5O2. The van der Waals surface area contributed by atoms with Gasteiger partial charge < -0.3 is 9.26 Å². The van der Waals surface area contributed by atoms with E-state index in [1.54, 1.807) is 37.1 Å². The molecule has 3 rings (SSSR count). The van der Waals surface area contributed by atoms with E-state index in [4.69, 9.17) is 20.9 Å². The van der Waals surface area contributed by atoms with Crippen LogP contribution in [0.5, 0.6) is 5.75 Å². The van der Waals surface area contributed by atoms with E-state index in [0.29, 0.717) is 22.4 Å². The van der Waals surface area contributed by atoms with E-state index in [1.807, 2.05) is 6.07 Å². The van der Waals surface area contributed by atoms with Gasteiger partial charge in [-0.3, -0.25) is 4.68 Å². The molecule has 0 saturated heterocycles. The lowest BCUT2D eigenvalue weighted by Crippen LogP contribution is -2.05. The Bertz CT molecular complexity index is 803. The van der Waals surface area contributed by atoms with Crippen molar-refractivity contribution in [1.82, 2.24) is 24.9 Å². The summed E-state index contributed by atoms with van der Waals surface area (Å²) in [5.41, 5.74) is 0. The van der Waals surface area contributed by atoms with Gasteiger partial charge in [0.25, 0.3) is 5.89 Å². The van der Waals surface area contributed by atoms with Gasteiger partial charge in [-0.15, -0.1) is 5.10 Å². The number of aryl methyl sites for hydroxylation is 1. The summed E-state index contributed by atoms with van der Waals surface area (Å²) in [7, 11) is 1.76. The minimum Gasteiger partial charge on any atom is -0.481 e. The van der Waals surface area contributed by atoms with E-state index in [2.05, 4.69) is 36.2 Å². The molecule has 0 aliphatic carbocycles. The van der Waals surface area contributed by atoms with E-state index in [0.717, 1.165) is 4.47 Å². The topological polar surface area (TPSA) is 78.9 Å². The van der Waals surface area contributed by atoms with Gasteiger partial charge in [0.15, 0.2) is 6.10 Å². The van der Waals surface area contributed by atoms with Crippen LogP contribution in [0.2, 0.25) is 5.02 Å². The van der Waals surface area contributed by atoms with Crippen molar-refractivity contribution in [3.8, 4) is 17.5 Å². The first-order valence-corrected chi connectivity index (χ1v) is 7.51. The Kier molecular flexibility index (Phi) is 4.12. The van der Waals surface area contributed by atoms with Gasteiger partial charge in [0.05, 0.1) is 5.02 Å². The molecule has 1 aromatic carbocycles. The SMILES string of the molecule is CC(Oc1ccc(Br)cc1Cl)c1noc(-c2ncn(C)n2)n1. The second kappa shape index (κ2) is 6.05. The summed E-state index contributed by atoms with van der Waals surface area (Å²) in [5.74, 6) is 1.55. The maximum atomic E-state index is 6.12. The minimum absolute atomic E-state index is 0.243. The Morgan fingerprint density at radius 1 is 1.41 bits per heavy atom. The maximum Gasteiger partial charge on any atom is 0.297 e. The lowest BCUT2D eigenvalue weighted by Gasteiger charge is -2.12. The van der Waals surface area contributed by atoms with Gasteiger partial charge in [0.2, 0.25) is 11.6 Å². The fourth-order valence-corrected chi connectivity index (χ4v) is 2.46. The molecule has 7 nitrogen and oxygen atoms in total. The van der Waals surface area contributed by atoms with Crippen LogP contribution in [0.1, 0.15) is 18.9 Å². The summed E-state index contributed by atoms with van der Waals surface area (Å²) in [4.78, 5) is 8.30. The molecule has 22 heavy (non-hydrogen) atoms. The zero-order chi connectivity index (χ0) is 15.7. The highest BCUT2D eigenvalue weighted by Gasteiger charge is 2.19. The number of halogens is 2. The average molecular weight is 385 g/mol. The van der Waals surface area contributed by atoms with E-state index in [1.165, 1.54) is 0 Å². The van der Waals surface area contributed by atoms with Crippen LogP contribution in [0.15, 0.2) is 33.5 Å². The summed E-state index contributed by atoms with van der Waals surface area (Å²) in [6, 6.07) is 5.36. The molecule has 0 amide bonds. The van der Waals surface area contributed by atoms with Crippen LogP contribution in [0.4, 0.5) is 0 Å². The molecular weight excluding hydrogens is 374 g/mol. The first-order chi connectivity index (χ1) is 10.5. The average Bonchev–Trinajstić information content (AvgIpc) is 3.10. The highest BCUT2D eigenvalue weighted by Crippen LogP contribution is 2.31. The normalized spacial score (nSPS) is 12.4. The van der Waals surface area contributed by atoms with Crippen LogP contribution in [0.3, 0.4) is 0 Å². The second-order valence-corrected chi connectivity index (χ2v) is 5.86. The number of hydrogen-bond acceptors (Lipinski definition) is 6. The van der Waals surface area contributed by atoms with Gasteiger partial charge >= 0.3 is 0 Å². The third-order valence-corrected chi connectivity index (χ3v) is 3.58. The molecule has 2 aromatic heterocycles. The Balaban J connectivity index is 1.78. The van der Waals surface area contributed by atoms with Crippen LogP contribution in [0, 0.1) is 0 Å². The summed E-state index contributed by atoms with van der Waals surface area (Å²) < 4.78 is 13.3. The lowest BCUT2D eigenvalue weighted by atomic mass is 10.3. The van der Waals surface area contributed by atoms with E-state index in [9.17, 15) is 0 Å². The fourth-order valence-electron chi connectivity index (χ4n) is 1.74. The Hall–Kier alpha value is -1.93. The standard InChI is InChI=1S/C13H11BrClN5O2/c1-7(21-10-4-3-8(14)5-9(10)15)11-17-13(22-19-11)12-16-6-20(2)18-12/h3-7H,1-2H3. The Morgan fingerprint density at radius 3 is 2.91 bits per heavy atom. The van der Waals surface area contributed by atoms with Gasteiger partial charge in [-0.1, -0.05) is 32.7 Å². The zero-order valence-electron chi connectivity index (χ0n) is 11.7. The Morgan fingerprint density at radius 2 is 2.23 bits per heavy atom. The molecule has 0 fully saturated rings. The number of ether oxygens (including phenoxy) is 1. The lowest BCUT2D eigenvalue weighted by molar-refractivity contribution is 0.211. The van der Waals surface area contributed by atoms with Gasteiger partial charge in [0, 0.05) is 11.5 Å². The molecule has 0 N–H and O–H groups in total. The molecule has 3 aromatic rings. The third-order valence-electron chi connectivity index (χ3n) is 2.79. The number of hydrogen-bond donors (Lipinski definition) is 0. The molecule has 0 saturated carbocycles. The number of benzene rings is 1. The van der Waals surface area contributed by atoms with Crippen LogP contribution in [-0.4, -0.2) is 24.9 Å². The molecule has 0 bridgehead atoms.